The quantitative estimate of drug-likeness (QED) is 0.340. The third kappa shape index (κ3) is 1.61. The van der Waals surface area contributed by atoms with Gasteiger partial charge in [-0.25, -0.2) is 0 Å². The number of allylic oxidation sites excluding steroid dienone is 2. The van der Waals surface area contributed by atoms with Gasteiger partial charge in [-0.3, -0.25) is 0 Å². The van der Waals surface area contributed by atoms with Crippen molar-refractivity contribution in [1.29, 1.82) is 0 Å². The Morgan fingerprint density at radius 2 is 1.89 bits per heavy atom. The van der Waals surface area contributed by atoms with Crippen LogP contribution in [-0.2, 0) is 0 Å². The molecule has 0 aromatic heterocycles. The molecule has 0 heteroatoms. The van der Waals surface area contributed by atoms with Gasteiger partial charge >= 0.3 is 0 Å². The Bertz CT molecular complexity index is 186. The van der Waals surface area contributed by atoms with Crippen molar-refractivity contribution in [2.75, 3.05) is 0 Å². The van der Waals surface area contributed by atoms with E-state index in [1.54, 1.807) is 0 Å². The van der Waals surface area contributed by atoms with E-state index in [1.807, 2.05) is 0 Å². The van der Waals surface area contributed by atoms with Gasteiger partial charge in [0.15, 0.2) is 0 Å². The molecule has 0 atom stereocenters. The number of rotatable bonds is 0. The van der Waals surface area contributed by atoms with Gasteiger partial charge in [0.05, 0.1) is 0 Å². The molecule has 0 bridgehead atoms. The number of hydrogen-bond donors (Lipinski definition) is 0. The van der Waals surface area contributed by atoms with Gasteiger partial charge in [-0.2, -0.15) is 0 Å². The van der Waals surface area contributed by atoms with Crippen LogP contribution in [0.5, 0.6) is 0 Å². The van der Waals surface area contributed by atoms with E-state index in [9.17, 15) is 0 Å². The normalized spacial score (nSPS) is 18.4. The molecule has 0 N–H and O–H groups in total. The Labute approximate surface area is 57.0 Å². The van der Waals surface area contributed by atoms with Crippen LogP contribution in [0.25, 0.3) is 0 Å². The molecule has 0 fully saturated rings. The van der Waals surface area contributed by atoms with Crippen LogP contribution in [0.3, 0.4) is 0 Å². The van der Waals surface area contributed by atoms with Crippen molar-refractivity contribution >= 4 is 0 Å². The van der Waals surface area contributed by atoms with Gasteiger partial charge < -0.3 is 0 Å². The van der Waals surface area contributed by atoms with Gasteiger partial charge in [0.25, 0.3) is 0 Å². The molecule has 9 heavy (non-hydrogen) atoms. The van der Waals surface area contributed by atoms with Crippen LogP contribution in [0, 0.1) is 11.8 Å². The zero-order chi connectivity index (χ0) is 6.69. The van der Waals surface area contributed by atoms with Crippen LogP contribution in [0.15, 0.2) is 11.1 Å². The average Bonchev–Trinajstić information content (AvgIpc) is 1.99. The summed E-state index contributed by atoms with van der Waals surface area (Å²) in [6, 6.07) is 0. The summed E-state index contributed by atoms with van der Waals surface area (Å²) in [7, 11) is 0. The largest absolute Gasteiger partial charge is 0.103 e. The van der Waals surface area contributed by atoms with Crippen LogP contribution < -0.4 is 0 Å². The second-order valence-electron chi connectivity index (χ2n) is 2.59. The van der Waals surface area contributed by atoms with Gasteiger partial charge in [0.2, 0.25) is 0 Å². The Morgan fingerprint density at radius 1 is 1.11 bits per heavy atom. The maximum absolute atomic E-state index is 3.12. The lowest BCUT2D eigenvalue weighted by Gasteiger charge is -1.98. The maximum atomic E-state index is 3.12. The maximum Gasteiger partial charge on any atom is 0.0299 e. The highest BCUT2D eigenvalue weighted by Gasteiger charge is 1.96. The van der Waals surface area contributed by atoms with Crippen molar-refractivity contribution in [3.05, 3.63) is 11.1 Å². The summed E-state index contributed by atoms with van der Waals surface area (Å²) in [6.07, 6.45) is 3.23. The van der Waals surface area contributed by atoms with E-state index in [-0.39, 0.29) is 0 Å². The predicted octanol–water partition coefficient (Wildman–Crippen LogP) is 2.51. The summed E-state index contributed by atoms with van der Waals surface area (Å²) in [6.45, 7) is 4.37. The molecule has 0 spiro atoms. The second kappa shape index (κ2) is 2.73. The lowest BCUT2D eigenvalue weighted by atomic mass is 10.1. The van der Waals surface area contributed by atoms with E-state index >= 15 is 0 Å². The van der Waals surface area contributed by atoms with Crippen LogP contribution >= 0.6 is 0 Å². The summed E-state index contributed by atoms with van der Waals surface area (Å²) in [5.41, 5.74) is 2.99. The van der Waals surface area contributed by atoms with Gasteiger partial charge in [0, 0.05) is 12.8 Å². The summed E-state index contributed by atoms with van der Waals surface area (Å²) >= 11 is 0. The molecule has 0 aromatic carbocycles. The summed E-state index contributed by atoms with van der Waals surface area (Å²) in [4.78, 5) is 0. The molecule has 48 valence electrons. The molecular weight excluding hydrogens is 108 g/mol. The minimum atomic E-state index is 0.992. The Balaban J connectivity index is 2.72. The fourth-order valence-corrected chi connectivity index (χ4v) is 0.898. The molecule has 0 radical (unpaired) electrons. The first-order valence-corrected chi connectivity index (χ1v) is 3.41. The van der Waals surface area contributed by atoms with Crippen molar-refractivity contribution in [3.63, 3.8) is 0 Å². The summed E-state index contributed by atoms with van der Waals surface area (Å²) < 4.78 is 0. The monoisotopic (exact) mass is 120 g/mol. The number of hydrogen-bond acceptors (Lipinski definition) is 0. The highest BCUT2D eigenvalue weighted by Crippen LogP contribution is 2.14. The van der Waals surface area contributed by atoms with Crippen LogP contribution in [0.4, 0.5) is 0 Å². The third-order valence-corrected chi connectivity index (χ3v) is 1.83. The molecule has 0 aliphatic heterocycles. The molecule has 0 saturated carbocycles. The Hall–Kier alpha value is -0.700. The Kier molecular flexibility index (Phi) is 1.95. The lowest BCUT2D eigenvalue weighted by Crippen LogP contribution is -1.79. The van der Waals surface area contributed by atoms with E-state index < -0.39 is 0 Å². The molecule has 0 heterocycles. The first kappa shape index (κ1) is 6.42. The highest BCUT2D eigenvalue weighted by atomic mass is 14.0. The fourth-order valence-electron chi connectivity index (χ4n) is 0.898. The van der Waals surface area contributed by atoms with Crippen molar-refractivity contribution in [2.45, 2.75) is 33.1 Å². The van der Waals surface area contributed by atoms with Crippen LogP contribution in [0.2, 0.25) is 0 Å². The van der Waals surface area contributed by atoms with Crippen molar-refractivity contribution in [1.82, 2.24) is 0 Å². The zero-order valence-electron chi connectivity index (χ0n) is 6.12. The molecule has 0 unspecified atom stereocenters. The van der Waals surface area contributed by atoms with Gasteiger partial charge in [-0.05, 0) is 20.3 Å². The average molecular weight is 120 g/mol. The predicted molar refractivity (Wildman–Crippen MR) is 40.0 cm³/mol. The van der Waals surface area contributed by atoms with E-state index in [4.69, 9.17) is 0 Å². The van der Waals surface area contributed by atoms with E-state index in [0.29, 0.717) is 0 Å². The highest BCUT2D eigenvalue weighted by molar-refractivity contribution is 5.21. The van der Waals surface area contributed by atoms with Crippen molar-refractivity contribution in [2.24, 2.45) is 0 Å². The van der Waals surface area contributed by atoms with Gasteiger partial charge in [-0.15, -0.1) is 5.92 Å². The van der Waals surface area contributed by atoms with Gasteiger partial charge in [-0.1, -0.05) is 17.1 Å². The zero-order valence-corrected chi connectivity index (χ0v) is 6.12. The third-order valence-electron chi connectivity index (χ3n) is 1.83. The Morgan fingerprint density at radius 3 is 2.67 bits per heavy atom. The molecule has 0 amide bonds. The summed E-state index contributed by atoms with van der Waals surface area (Å²) in [5, 5.41) is 0. The topological polar surface area (TPSA) is 0 Å². The molecule has 0 saturated heterocycles. The second-order valence-corrected chi connectivity index (χ2v) is 2.59. The molecule has 1 aliphatic rings. The minimum Gasteiger partial charge on any atom is -0.103 e. The fraction of sp³-hybridized carbons (Fsp3) is 0.556. The lowest BCUT2D eigenvalue weighted by molar-refractivity contribution is 0.977. The smallest absolute Gasteiger partial charge is 0.0299 e. The summed E-state index contributed by atoms with van der Waals surface area (Å²) in [5.74, 6) is 6.24. The van der Waals surface area contributed by atoms with Crippen molar-refractivity contribution in [3.8, 4) is 11.8 Å². The van der Waals surface area contributed by atoms with Crippen molar-refractivity contribution < 1.29 is 0 Å². The van der Waals surface area contributed by atoms with Crippen LogP contribution in [-0.4, -0.2) is 0 Å². The molecule has 1 aliphatic carbocycles. The molecular formula is C9H12. The first-order chi connectivity index (χ1) is 4.30. The SMILES string of the molecule is CC1=C(C)CCC#CC1. The molecule has 0 aromatic rings. The standard InChI is InChI=1S/C9H12/c1-8-6-4-3-5-7-9(8)2/h4,6-7H2,1-2H3. The van der Waals surface area contributed by atoms with Gasteiger partial charge in [0.1, 0.15) is 0 Å². The first-order valence-electron chi connectivity index (χ1n) is 3.41. The van der Waals surface area contributed by atoms with Crippen LogP contribution in [0.1, 0.15) is 33.1 Å². The van der Waals surface area contributed by atoms with E-state index in [2.05, 4.69) is 25.7 Å². The molecule has 1 rings (SSSR count). The minimum absolute atomic E-state index is 0.992. The van der Waals surface area contributed by atoms with E-state index in [0.717, 1.165) is 12.8 Å². The molecule has 0 nitrogen and oxygen atoms in total. The van der Waals surface area contributed by atoms with E-state index in [1.165, 1.54) is 17.6 Å².